The first-order chi connectivity index (χ1) is 9.99. The van der Waals surface area contributed by atoms with Gasteiger partial charge in [-0.15, -0.1) is 0 Å². The van der Waals surface area contributed by atoms with Crippen LogP contribution in [0.3, 0.4) is 0 Å². The van der Waals surface area contributed by atoms with Gasteiger partial charge in [0.2, 0.25) is 0 Å². The van der Waals surface area contributed by atoms with Crippen LogP contribution in [0.1, 0.15) is 16.8 Å². The second kappa shape index (κ2) is 8.71. The number of benzene rings is 1. The first-order valence-corrected chi connectivity index (χ1v) is 6.70. The molecule has 0 bridgehead atoms. The monoisotopic (exact) mass is 299 g/mol. The Labute approximate surface area is 124 Å². The molecule has 1 rings (SSSR count). The number of nitrogens with zero attached hydrogens (tertiary/aromatic N) is 1. The molecule has 0 aliphatic carbocycles. The lowest BCUT2D eigenvalue weighted by molar-refractivity contribution is 0.0428. The van der Waals surface area contributed by atoms with Gasteiger partial charge in [-0.3, -0.25) is 4.79 Å². The molecule has 0 heterocycles. The van der Waals surface area contributed by atoms with Crippen molar-refractivity contribution in [2.45, 2.75) is 12.5 Å². The smallest absolute Gasteiger partial charge is 0.170 e. The molecule has 0 saturated carbocycles. The lowest BCUT2D eigenvalue weighted by Gasteiger charge is -2.19. The fourth-order valence-corrected chi connectivity index (χ4v) is 2.06. The van der Waals surface area contributed by atoms with E-state index >= 15 is 0 Å². The van der Waals surface area contributed by atoms with Crippen LogP contribution in [0.4, 0.5) is 4.39 Å². The second-order valence-corrected chi connectivity index (χ2v) is 4.86. The van der Waals surface area contributed by atoms with E-state index in [2.05, 4.69) is 0 Å². The average Bonchev–Trinajstić information content (AvgIpc) is 2.44. The maximum atomic E-state index is 13.8. The molecule has 0 aliphatic rings. The molecule has 5 nitrogen and oxygen atoms in total. The van der Waals surface area contributed by atoms with Crippen molar-refractivity contribution in [1.29, 1.82) is 0 Å². The minimum atomic E-state index is -0.613. The van der Waals surface area contributed by atoms with E-state index in [4.69, 9.17) is 9.47 Å². The number of aliphatic hydroxyl groups excluding tert-OH is 1. The number of methoxy groups -OCH3 is 2. The molecular formula is C15H22FNO4. The van der Waals surface area contributed by atoms with E-state index in [1.807, 2.05) is 0 Å². The zero-order valence-corrected chi connectivity index (χ0v) is 12.6. The van der Waals surface area contributed by atoms with Crippen molar-refractivity contribution in [3.8, 4) is 5.75 Å². The highest BCUT2D eigenvalue weighted by Crippen LogP contribution is 2.22. The van der Waals surface area contributed by atoms with Crippen LogP contribution < -0.4 is 4.74 Å². The second-order valence-electron chi connectivity index (χ2n) is 4.86. The summed E-state index contributed by atoms with van der Waals surface area (Å²) in [7, 11) is 4.70. The van der Waals surface area contributed by atoms with Crippen molar-refractivity contribution >= 4 is 5.78 Å². The van der Waals surface area contributed by atoms with Gasteiger partial charge < -0.3 is 19.5 Å². The molecule has 0 fully saturated rings. The Balaban J connectivity index is 2.58. The van der Waals surface area contributed by atoms with Crippen molar-refractivity contribution < 1.29 is 23.8 Å². The van der Waals surface area contributed by atoms with E-state index in [9.17, 15) is 14.3 Å². The first-order valence-electron chi connectivity index (χ1n) is 6.70. The van der Waals surface area contributed by atoms with E-state index in [-0.39, 0.29) is 30.1 Å². The molecule has 0 amide bonds. The predicted octanol–water partition coefficient (Wildman–Crippen LogP) is 1.35. The SMILES string of the molecule is COCC(O)CN(C)CCC(=O)c1c(F)cccc1OC. The van der Waals surface area contributed by atoms with Crippen molar-refractivity contribution in [2.24, 2.45) is 0 Å². The van der Waals surface area contributed by atoms with Crippen LogP contribution in [0.5, 0.6) is 5.75 Å². The molecule has 6 heteroatoms. The number of ether oxygens (including phenoxy) is 2. The molecule has 1 unspecified atom stereocenters. The van der Waals surface area contributed by atoms with Gasteiger partial charge in [0.15, 0.2) is 5.78 Å². The van der Waals surface area contributed by atoms with Crippen LogP contribution in [-0.2, 0) is 4.74 Å². The molecule has 1 N–H and O–H groups in total. The summed E-state index contributed by atoms with van der Waals surface area (Å²) in [6, 6.07) is 4.29. The summed E-state index contributed by atoms with van der Waals surface area (Å²) in [6.07, 6.45) is -0.467. The highest BCUT2D eigenvalue weighted by atomic mass is 19.1. The van der Waals surface area contributed by atoms with Crippen molar-refractivity contribution in [1.82, 2.24) is 4.90 Å². The van der Waals surface area contributed by atoms with Gasteiger partial charge >= 0.3 is 0 Å². The van der Waals surface area contributed by atoms with Crippen LogP contribution in [0.2, 0.25) is 0 Å². The summed E-state index contributed by atoms with van der Waals surface area (Å²) >= 11 is 0. The number of ketones is 1. The summed E-state index contributed by atoms with van der Waals surface area (Å²) in [5, 5.41) is 9.60. The largest absolute Gasteiger partial charge is 0.496 e. The summed E-state index contributed by atoms with van der Waals surface area (Å²) in [6.45, 7) is 1.03. The van der Waals surface area contributed by atoms with Crippen LogP contribution >= 0.6 is 0 Å². The van der Waals surface area contributed by atoms with Gasteiger partial charge in [0, 0.05) is 26.6 Å². The van der Waals surface area contributed by atoms with E-state index in [0.29, 0.717) is 13.1 Å². The molecule has 118 valence electrons. The number of carbonyl (C=O) groups is 1. The molecule has 1 aromatic carbocycles. The Kier molecular flexibility index (Phi) is 7.28. The van der Waals surface area contributed by atoms with Gasteiger partial charge in [-0.2, -0.15) is 0 Å². The lowest BCUT2D eigenvalue weighted by atomic mass is 10.1. The third kappa shape index (κ3) is 5.41. The van der Waals surface area contributed by atoms with Crippen molar-refractivity contribution in [3.05, 3.63) is 29.6 Å². The molecule has 0 radical (unpaired) electrons. The third-order valence-electron chi connectivity index (χ3n) is 3.08. The van der Waals surface area contributed by atoms with Crippen LogP contribution in [-0.4, -0.2) is 62.9 Å². The molecule has 0 aliphatic heterocycles. The predicted molar refractivity (Wildman–Crippen MR) is 77.3 cm³/mol. The highest BCUT2D eigenvalue weighted by molar-refractivity contribution is 5.99. The number of hydrogen-bond acceptors (Lipinski definition) is 5. The summed E-state index contributed by atoms with van der Waals surface area (Å²) in [5.41, 5.74) is -0.0224. The Bertz CT molecular complexity index is 467. The normalized spacial score (nSPS) is 12.5. The maximum Gasteiger partial charge on any atom is 0.170 e. The molecule has 21 heavy (non-hydrogen) atoms. The fourth-order valence-electron chi connectivity index (χ4n) is 2.06. The zero-order valence-electron chi connectivity index (χ0n) is 12.6. The van der Waals surface area contributed by atoms with Crippen LogP contribution in [0.25, 0.3) is 0 Å². The zero-order chi connectivity index (χ0) is 15.8. The van der Waals surface area contributed by atoms with Gasteiger partial charge in [0.25, 0.3) is 0 Å². The van der Waals surface area contributed by atoms with Crippen molar-refractivity contribution in [3.63, 3.8) is 0 Å². The van der Waals surface area contributed by atoms with E-state index in [0.717, 1.165) is 0 Å². The number of halogens is 1. The van der Waals surface area contributed by atoms with Gasteiger partial charge in [0.1, 0.15) is 11.6 Å². The molecule has 0 saturated heterocycles. The molecule has 0 aromatic heterocycles. The maximum absolute atomic E-state index is 13.8. The van der Waals surface area contributed by atoms with Gasteiger partial charge in [-0.25, -0.2) is 4.39 Å². The quantitative estimate of drug-likeness (QED) is 0.697. The fraction of sp³-hybridized carbons (Fsp3) is 0.533. The number of rotatable bonds is 9. The Morgan fingerprint density at radius 1 is 1.43 bits per heavy atom. The standard InChI is InChI=1S/C15H22FNO4/c1-17(9-11(18)10-20-2)8-7-13(19)15-12(16)5-4-6-14(15)21-3/h4-6,11,18H,7-10H2,1-3H3. The minimum absolute atomic E-state index is 0.0224. The molecular weight excluding hydrogens is 277 g/mol. The highest BCUT2D eigenvalue weighted by Gasteiger charge is 2.18. The number of carbonyl (C=O) groups excluding carboxylic acids is 1. The lowest BCUT2D eigenvalue weighted by Crippen LogP contribution is -2.33. The van der Waals surface area contributed by atoms with Gasteiger partial charge in [0.05, 0.1) is 25.4 Å². The Morgan fingerprint density at radius 2 is 2.14 bits per heavy atom. The van der Waals surface area contributed by atoms with E-state index in [1.54, 1.807) is 18.0 Å². The Morgan fingerprint density at radius 3 is 2.76 bits per heavy atom. The van der Waals surface area contributed by atoms with Crippen molar-refractivity contribution in [2.75, 3.05) is 41.0 Å². The number of aliphatic hydroxyl groups is 1. The number of hydrogen-bond donors (Lipinski definition) is 1. The summed E-state index contributed by atoms with van der Waals surface area (Å²) in [4.78, 5) is 13.9. The van der Waals surface area contributed by atoms with Gasteiger partial charge in [-0.05, 0) is 19.2 Å². The third-order valence-corrected chi connectivity index (χ3v) is 3.08. The van der Waals surface area contributed by atoms with E-state index < -0.39 is 11.9 Å². The minimum Gasteiger partial charge on any atom is -0.496 e. The van der Waals surface area contributed by atoms with Crippen LogP contribution in [0.15, 0.2) is 18.2 Å². The topological polar surface area (TPSA) is 59.0 Å². The molecule has 0 spiro atoms. The summed E-state index contributed by atoms with van der Waals surface area (Å²) < 4.78 is 23.6. The Hall–Kier alpha value is -1.50. The molecule has 1 aromatic rings. The number of Topliss-reactive ketones (excluding diaryl/α,β-unsaturated/α-hetero) is 1. The van der Waals surface area contributed by atoms with Crippen LogP contribution in [0, 0.1) is 5.82 Å². The summed E-state index contributed by atoms with van der Waals surface area (Å²) in [5.74, 6) is -0.665. The van der Waals surface area contributed by atoms with Gasteiger partial charge in [-0.1, -0.05) is 6.07 Å². The van der Waals surface area contributed by atoms with E-state index in [1.165, 1.54) is 26.4 Å². The number of likely N-dealkylation sites (N-methyl/N-ethyl adjacent to an activating group) is 1. The average molecular weight is 299 g/mol. The molecule has 1 atom stereocenters. The first kappa shape index (κ1) is 17.6.